The van der Waals surface area contributed by atoms with Gasteiger partial charge < -0.3 is 15.4 Å². The monoisotopic (exact) mass is 266 g/mol. The van der Waals surface area contributed by atoms with Gasteiger partial charge >= 0.3 is 0 Å². The molecule has 0 aromatic carbocycles. The van der Waals surface area contributed by atoms with Crippen LogP contribution in [0.5, 0.6) is 0 Å². The lowest BCUT2D eigenvalue weighted by Gasteiger charge is -2.38. The molecule has 1 unspecified atom stereocenters. The van der Waals surface area contributed by atoms with E-state index in [9.17, 15) is 4.79 Å². The van der Waals surface area contributed by atoms with Crippen LogP contribution in [0.25, 0.3) is 0 Å². The highest BCUT2D eigenvalue weighted by atomic mass is 16.5. The summed E-state index contributed by atoms with van der Waals surface area (Å²) in [7, 11) is 0. The molecule has 1 aliphatic heterocycles. The van der Waals surface area contributed by atoms with Crippen molar-refractivity contribution in [3.8, 4) is 0 Å². The first-order valence-electron chi connectivity index (χ1n) is 7.87. The second-order valence-electron chi connectivity index (χ2n) is 6.64. The summed E-state index contributed by atoms with van der Waals surface area (Å²) in [6.07, 6.45) is 8.60. The summed E-state index contributed by atoms with van der Waals surface area (Å²) in [5.41, 5.74) is 5.85. The van der Waals surface area contributed by atoms with Crippen LogP contribution in [-0.4, -0.2) is 42.1 Å². The Morgan fingerprint density at radius 3 is 2.53 bits per heavy atom. The van der Waals surface area contributed by atoms with Crippen molar-refractivity contribution in [2.75, 3.05) is 19.8 Å². The number of rotatable bonds is 4. The Morgan fingerprint density at radius 2 is 1.95 bits per heavy atom. The van der Waals surface area contributed by atoms with E-state index in [4.69, 9.17) is 10.5 Å². The van der Waals surface area contributed by atoms with E-state index in [-0.39, 0.29) is 5.91 Å². The van der Waals surface area contributed by atoms with Crippen LogP contribution in [0, 0.1) is 5.92 Å². The minimum Gasteiger partial charge on any atom is -0.381 e. The van der Waals surface area contributed by atoms with Crippen molar-refractivity contribution in [1.82, 2.24) is 4.90 Å². The molecule has 1 atom stereocenters. The quantitative estimate of drug-likeness (QED) is 0.842. The van der Waals surface area contributed by atoms with Crippen LogP contribution < -0.4 is 5.73 Å². The van der Waals surface area contributed by atoms with Gasteiger partial charge in [-0.05, 0) is 32.1 Å². The van der Waals surface area contributed by atoms with Gasteiger partial charge in [-0.2, -0.15) is 0 Å². The summed E-state index contributed by atoms with van der Waals surface area (Å²) >= 11 is 0. The van der Waals surface area contributed by atoms with E-state index in [2.05, 4.69) is 4.90 Å². The molecular formula is C15H26N2O2. The summed E-state index contributed by atoms with van der Waals surface area (Å²) in [4.78, 5) is 15.0. The molecule has 0 aromatic rings. The maximum atomic E-state index is 12.8. The first kappa shape index (κ1) is 13.4. The predicted molar refractivity (Wildman–Crippen MR) is 73.7 cm³/mol. The van der Waals surface area contributed by atoms with Gasteiger partial charge in [0.1, 0.15) is 0 Å². The van der Waals surface area contributed by atoms with Gasteiger partial charge in [-0.3, -0.25) is 4.79 Å². The highest BCUT2D eigenvalue weighted by molar-refractivity contribution is 5.86. The Balaban J connectivity index is 1.66. The number of hydrogen-bond donors (Lipinski definition) is 1. The molecule has 108 valence electrons. The first-order chi connectivity index (χ1) is 9.19. The van der Waals surface area contributed by atoms with Crippen LogP contribution in [0.4, 0.5) is 0 Å². The Kier molecular flexibility index (Phi) is 3.81. The molecule has 0 spiro atoms. The highest BCUT2D eigenvalue weighted by Gasteiger charge is 2.43. The predicted octanol–water partition coefficient (Wildman–Crippen LogP) is 1.68. The first-order valence-corrected chi connectivity index (χ1v) is 7.87. The van der Waals surface area contributed by atoms with Crippen molar-refractivity contribution >= 4 is 5.91 Å². The third-order valence-electron chi connectivity index (χ3n) is 4.90. The Labute approximate surface area is 115 Å². The molecule has 1 saturated heterocycles. The number of nitrogens with two attached hydrogens (primary N) is 1. The van der Waals surface area contributed by atoms with Gasteiger partial charge in [0.2, 0.25) is 5.91 Å². The van der Waals surface area contributed by atoms with Crippen molar-refractivity contribution in [3.05, 3.63) is 0 Å². The molecule has 2 aliphatic carbocycles. The Morgan fingerprint density at radius 1 is 1.21 bits per heavy atom. The molecule has 0 radical (unpaired) electrons. The van der Waals surface area contributed by atoms with Crippen LogP contribution in [0.1, 0.15) is 51.4 Å². The lowest BCUT2D eigenvalue weighted by atomic mass is 9.81. The Hall–Kier alpha value is -0.610. The topological polar surface area (TPSA) is 55.6 Å². The van der Waals surface area contributed by atoms with Gasteiger partial charge in [0.05, 0.1) is 12.1 Å². The largest absolute Gasteiger partial charge is 0.381 e. The van der Waals surface area contributed by atoms with Gasteiger partial charge in [-0.25, -0.2) is 0 Å². The van der Waals surface area contributed by atoms with E-state index in [1.807, 2.05) is 0 Å². The van der Waals surface area contributed by atoms with Gasteiger partial charge in [-0.1, -0.05) is 19.3 Å². The number of ether oxygens (including phenoxy) is 1. The van der Waals surface area contributed by atoms with Crippen molar-refractivity contribution < 1.29 is 9.53 Å². The molecule has 0 bridgehead atoms. The average molecular weight is 266 g/mol. The fourth-order valence-corrected chi connectivity index (χ4v) is 3.47. The molecule has 0 aromatic heterocycles. The van der Waals surface area contributed by atoms with Crippen molar-refractivity contribution in [2.45, 2.75) is 62.9 Å². The smallest absolute Gasteiger partial charge is 0.242 e. The number of carbonyl (C=O) groups is 1. The van der Waals surface area contributed by atoms with Crippen molar-refractivity contribution in [2.24, 2.45) is 11.7 Å². The Bertz CT molecular complexity index is 329. The van der Waals surface area contributed by atoms with Gasteiger partial charge in [0, 0.05) is 25.1 Å². The molecule has 4 heteroatoms. The summed E-state index contributed by atoms with van der Waals surface area (Å²) in [5.74, 6) is 0.748. The molecule has 2 saturated carbocycles. The zero-order valence-electron chi connectivity index (χ0n) is 11.8. The van der Waals surface area contributed by atoms with E-state index in [0.717, 1.165) is 64.7 Å². The van der Waals surface area contributed by atoms with E-state index in [1.165, 1.54) is 6.42 Å². The number of carbonyl (C=O) groups excluding carboxylic acids is 1. The van der Waals surface area contributed by atoms with Crippen LogP contribution in [0.3, 0.4) is 0 Å². The minimum absolute atomic E-state index is 0.224. The summed E-state index contributed by atoms with van der Waals surface area (Å²) in [5, 5.41) is 0. The maximum Gasteiger partial charge on any atom is 0.242 e. The second-order valence-corrected chi connectivity index (χ2v) is 6.64. The molecule has 2 N–H and O–H groups in total. The van der Waals surface area contributed by atoms with Gasteiger partial charge in [-0.15, -0.1) is 0 Å². The van der Waals surface area contributed by atoms with Gasteiger partial charge in [0.15, 0.2) is 0 Å². The maximum absolute atomic E-state index is 12.8. The minimum atomic E-state index is -0.569. The molecule has 3 rings (SSSR count). The fourth-order valence-electron chi connectivity index (χ4n) is 3.47. The number of hydrogen-bond acceptors (Lipinski definition) is 3. The fraction of sp³-hybridized carbons (Fsp3) is 0.933. The standard InChI is InChI=1S/C15H26N2O2/c16-15(7-2-1-3-8-15)14(18)17(13-4-5-13)10-12-6-9-19-11-12/h12-13H,1-11,16H2. The lowest BCUT2D eigenvalue weighted by Crippen LogP contribution is -2.57. The SMILES string of the molecule is NC1(C(=O)N(CC2CCOC2)C2CC2)CCCCC1. The summed E-state index contributed by atoms with van der Waals surface area (Å²) in [6, 6.07) is 0.468. The summed E-state index contributed by atoms with van der Waals surface area (Å²) < 4.78 is 5.44. The number of amides is 1. The van der Waals surface area contributed by atoms with Crippen LogP contribution in [0.15, 0.2) is 0 Å². The highest BCUT2D eigenvalue weighted by Crippen LogP contribution is 2.34. The molecule has 1 heterocycles. The van der Waals surface area contributed by atoms with Crippen LogP contribution >= 0.6 is 0 Å². The normalized spacial score (nSPS) is 30.3. The second kappa shape index (κ2) is 5.41. The van der Waals surface area contributed by atoms with Gasteiger partial charge in [0.25, 0.3) is 0 Å². The van der Waals surface area contributed by atoms with Crippen molar-refractivity contribution in [3.63, 3.8) is 0 Å². The molecule has 3 aliphatic rings. The molecule has 19 heavy (non-hydrogen) atoms. The summed E-state index contributed by atoms with van der Waals surface area (Å²) in [6.45, 7) is 2.53. The van der Waals surface area contributed by atoms with E-state index in [1.54, 1.807) is 0 Å². The zero-order chi connectivity index (χ0) is 13.3. The van der Waals surface area contributed by atoms with Crippen LogP contribution in [-0.2, 0) is 9.53 Å². The zero-order valence-corrected chi connectivity index (χ0v) is 11.8. The number of nitrogens with zero attached hydrogens (tertiary/aromatic N) is 1. The van der Waals surface area contributed by atoms with Crippen LogP contribution in [0.2, 0.25) is 0 Å². The molecule has 3 fully saturated rings. The molecular weight excluding hydrogens is 240 g/mol. The molecule has 4 nitrogen and oxygen atoms in total. The average Bonchev–Trinajstić information content (AvgIpc) is 3.13. The third-order valence-corrected chi connectivity index (χ3v) is 4.90. The van der Waals surface area contributed by atoms with Crippen molar-refractivity contribution in [1.29, 1.82) is 0 Å². The van der Waals surface area contributed by atoms with E-state index >= 15 is 0 Å². The third kappa shape index (κ3) is 2.95. The van der Waals surface area contributed by atoms with E-state index in [0.29, 0.717) is 12.0 Å². The molecule has 1 amide bonds. The van der Waals surface area contributed by atoms with E-state index < -0.39 is 5.54 Å². The lowest BCUT2D eigenvalue weighted by molar-refractivity contribution is -0.139.